The lowest BCUT2D eigenvalue weighted by Crippen LogP contribution is -2.14. The van der Waals surface area contributed by atoms with Crippen LogP contribution < -0.4 is 5.32 Å². The highest BCUT2D eigenvalue weighted by Crippen LogP contribution is 2.31. The van der Waals surface area contributed by atoms with Gasteiger partial charge < -0.3 is 5.32 Å². The van der Waals surface area contributed by atoms with E-state index in [1.165, 1.54) is 12.1 Å². The number of carbonyl (C=O) groups excluding carboxylic acids is 1. The molecule has 0 fully saturated rings. The number of hydrogen-bond donors (Lipinski definition) is 1. The van der Waals surface area contributed by atoms with Crippen LogP contribution in [0.25, 0.3) is 10.9 Å². The Balaban J connectivity index is 1.95. The van der Waals surface area contributed by atoms with Gasteiger partial charge in [-0.3, -0.25) is 9.78 Å². The lowest BCUT2D eigenvalue weighted by atomic mass is 10.1. The molecule has 0 saturated heterocycles. The summed E-state index contributed by atoms with van der Waals surface area (Å²) in [5, 5.41) is 3.41. The van der Waals surface area contributed by atoms with Crippen molar-refractivity contribution in [2.45, 2.75) is 6.18 Å². The van der Waals surface area contributed by atoms with E-state index in [9.17, 15) is 18.0 Å². The number of nitrogens with one attached hydrogen (secondary N) is 1. The van der Waals surface area contributed by atoms with Crippen molar-refractivity contribution in [3.05, 3.63) is 70.3 Å². The second kappa shape index (κ2) is 6.24. The number of aromatic nitrogens is 1. The Morgan fingerprint density at radius 1 is 1.08 bits per heavy atom. The van der Waals surface area contributed by atoms with Crippen LogP contribution in [0.3, 0.4) is 0 Å². The van der Waals surface area contributed by atoms with Crippen LogP contribution in [-0.4, -0.2) is 10.9 Å². The van der Waals surface area contributed by atoms with Crippen LogP contribution in [0, 0.1) is 0 Å². The van der Waals surface area contributed by atoms with Crippen molar-refractivity contribution in [3.63, 3.8) is 0 Å². The molecule has 0 aliphatic carbocycles. The zero-order valence-corrected chi connectivity index (χ0v) is 13.6. The molecule has 0 radical (unpaired) electrons. The van der Waals surface area contributed by atoms with Crippen molar-refractivity contribution in [1.82, 2.24) is 4.98 Å². The molecule has 0 spiro atoms. The van der Waals surface area contributed by atoms with Crippen LogP contribution in [0.5, 0.6) is 0 Å². The number of carbonyl (C=O) groups is 1. The first-order chi connectivity index (χ1) is 11.4. The minimum atomic E-state index is -4.50. The number of amides is 1. The number of benzene rings is 2. The molecule has 2 aromatic carbocycles. The smallest absolute Gasteiger partial charge is 0.320 e. The Kier molecular flexibility index (Phi) is 4.28. The van der Waals surface area contributed by atoms with Gasteiger partial charge in [0, 0.05) is 21.6 Å². The second-order valence-corrected chi connectivity index (χ2v) is 5.88. The van der Waals surface area contributed by atoms with Gasteiger partial charge in [-0.25, -0.2) is 0 Å². The SMILES string of the molecule is O=C(Nc1ccc(Br)c2cccnc12)c1cccc(C(F)(F)F)c1. The molecule has 1 N–H and O–H groups in total. The average molecular weight is 395 g/mol. The van der Waals surface area contributed by atoms with E-state index < -0.39 is 17.6 Å². The Hall–Kier alpha value is -2.41. The Morgan fingerprint density at radius 2 is 1.88 bits per heavy atom. The van der Waals surface area contributed by atoms with E-state index in [1.54, 1.807) is 24.4 Å². The third-order valence-corrected chi connectivity index (χ3v) is 4.11. The number of pyridine rings is 1. The number of anilines is 1. The van der Waals surface area contributed by atoms with Crippen LogP contribution in [0.2, 0.25) is 0 Å². The Bertz CT molecular complexity index is 925. The molecular formula is C17H10BrF3N2O. The van der Waals surface area contributed by atoms with E-state index in [2.05, 4.69) is 26.2 Å². The second-order valence-electron chi connectivity index (χ2n) is 5.03. The first-order valence-electron chi connectivity index (χ1n) is 6.88. The van der Waals surface area contributed by atoms with Crippen LogP contribution in [0.1, 0.15) is 15.9 Å². The summed E-state index contributed by atoms with van der Waals surface area (Å²) in [6.07, 6.45) is -2.92. The highest BCUT2D eigenvalue weighted by atomic mass is 79.9. The third kappa shape index (κ3) is 3.26. The van der Waals surface area contributed by atoms with Gasteiger partial charge in [-0.2, -0.15) is 13.2 Å². The van der Waals surface area contributed by atoms with Crippen molar-refractivity contribution in [2.24, 2.45) is 0 Å². The van der Waals surface area contributed by atoms with Crippen molar-refractivity contribution >= 4 is 38.4 Å². The molecule has 1 heterocycles. The van der Waals surface area contributed by atoms with Crippen molar-refractivity contribution in [2.75, 3.05) is 5.32 Å². The zero-order chi connectivity index (χ0) is 17.3. The van der Waals surface area contributed by atoms with E-state index in [0.29, 0.717) is 11.2 Å². The molecule has 0 aliphatic heterocycles. The van der Waals surface area contributed by atoms with Crippen LogP contribution in [0.15, 0.2) is 59.2 Å². The molecule has 0 unspecified atom stereocenters. The third-order valence-electron chi connectivity index (χ3n) is 3.42. The van der Waals surface area contributed by atoms with Crippen LogP contribution in [0.4, 0.5) is 18.9 Å². The summed E-state index contributed by atoms with van der Waals surface area (Å²) in [5.74, 6) is -0.629. The molecule has 3 rings (SSSR count). The quantitative estimate of drug-likeness (QED) is 0.643. The van der Waals surface area contributed by atoms with Crippen molar-refractivity contribution in [1.29, 1.82) is 0 Å². The fourth-order valence-electron chi connectivity index (χ4n) is 2.27. The predicted octanol–water partition coefficient (Wildman–Crippen LogP) is 5.27. The Labute approximate surface area is 143 Å². The first-order valence-corrected chi connectivity index (χ1v) is 7.67. The largest absolute Gasteiger partial charge is 0.416 e. The van der Waals surface area contributed by atoms with Gasteiger partial charge in [0.2, 0.25) is 0 Å². The normalized spacial score (nSPS) is 11.5. The lowest BCUT2D eigenvalue weighted by molar-refractivity contribution is -0.137. The topological polar surface area (TPSA) is 42.0 Å². The van der Waals surface area contributed by atoms with Gasteiger partial charge in [0.15, 0.2) is 0 Å². The molecule has 122 valence electrons. The van der Waals surface area contributed by atoms with Crippen molar-refractivity contribution in [3.8, 4) is 0 Å². The molecule has 1 aromatic heterocycles. The van der Waals surface area contributed by atoms with Crippen molar-refractivity contribution < 1.29 is 18.0 Å². The summed E-state index contributed by atoms with van der Waals surface area (Å²) < 4.78 is 39.1. The fourth-order valence-corrected chi connectivity index (χ4v) is 2.72. The van der Waals surface area contributed by atoms with Gasteiger partial charge in [-0.05, 0) is 36.4 Å². The maximum atomic E-state index is 12.8. The lowest BCUT2D eigenvalue weighted by Gasteiger charge is -2.11. The molecular weight excluding hydrogens is 385 g/mol. The molecule has 0 saturated carbocycles. The monoisotopic (exact) mass is 394 g/mol. The van der Waals surface area contributed by atoms with E-state index in [0.717, 1.165) is 22.0 Å². The Morgan fingerprint density at radius 3 is 2.62 bits per heavy atom. The molecule has 1 amide bonds. The standard InChI is InChI=1S/C17H10BrF3N2O/c18-13-6-7-14(15-12(13)5-2-8-22-15)23-16(24)10-3-1-4-11(9-10)17(19,20)21/h1-9H,(H,23,24). The summed E-state index contributed by atoms with van der Waals surface area (Å²) >= 11 is 3.40. The number of halogens is 4. The number of nitrogens with zero attached hydrogens (tertiary/aromatic N) is 1. The number of hydrogen-bond acceptors (Lipinski definition) is 2. The minimum absolute atomic E-state index is 0.0724. The number of rotatable bonds is 2. The summed E-state index contributed by atoms with van der Waals surface area (Å²) in [6.45, 7) is 0. The van der Waals surface area contributed by atoms with Gasteiger partial charge in [0.05, 0.1) is 16.8 Å². The van der Waals surface area contributed by atoms with Gasteiger partial charge in [-0.15, -0.1) is 0 Å². The molecule has 24 heavy (non-hydrogen) atoms. The summed E-state index contributed by atoms with van der Waals surface area (Å²) in [4.78, 5) is 16.5. The van der Waals surface area contributed by atoms with E-state index in [4.69, 9.17) is 0 Å². The van der Waals surface area contributed by atoms with E-state index in [-0.39, 0.29) is 5.56 Å². The number of fused-ring (bicyclic) bond motifs is 1. The average Bonchev–Trinajstić information content (AvgIpc) is 2.57. The molecule has 0 bridgehead atoms. The van der Waals surface area contributed by atoms with Gasteiger partial charge in [-0.1, -0.05) is 28.1 Å². The minimum Gasteiger partial charge on any atom is -0.320 e. The maximum Gasteiger partial charge on any atom is 0.416 e. The zero-order valence-electron chi connectivity index (χ0n) is 12.1. The molecule has 0 aliphatic rings. The maximum absolute atomic E-state index is 12.8. The van der Waals surface area contributed by atoms with E-state index in [1.807, 2.05) is 6.07 Å². The van der Waals surface area contributed by atoms with Gasteiger partial charge in [0.1, 0.15) is 0 Å². The first kappa shape index (κ1) is 16.4. The van der Waals surface area contributed by atoms with Crippen LogP contribution in [-0.2, 0) is 6.18 Å². The molecule has 3 nitrogen and oxygen atoms in total. The van der Waals surface area contributed by atoms with Gasteiger partial charge in [0.25, 0.3) is 5.91 Å². The fraction of sp³-hybridized carbons (Fsp3) is 0.0588. The summed E-state index contributed by atoms with van der Waals surface area (Å²) in [7, 11) is 0. The molecule has 7 heteroatoms. The summed E-state index contributed by atoms with van der Waals surface area (Å²) in [5.41, 5.74) is 0.0363. The van der Waals surface area contributed by atoms with Crippen LogP contribution >= 0.6 is 15.9 Å². The predicted molar refractivity (Wildman–Crippen MR) is 88.8 cm³/mol. The highest BCUT2D eigenvalue weighted by Gasteiger charge is 2.30. The summed E-state index contributed by atoms with van der Waals surface area (Å²) in [6, 6.07) is 11.3. The van der Waals surface area contributed by atoms with E-state index >= 15 is 0 Å². The number of alkyl halides is 3. The van der Waals surface area contributed by atoms with Gasteiger partial charge >= 0.3 is 6.18 Å². The molecule has 3 aromatic rings. The molecule has 0 atom stereocenters. The highest BCUT2D eigenvalue weighted by molar-refractivity contribution is 9.10.